The Morgan fingerprint density at radius 1 is 1.42 bits per heavy atom. The van der Waals surface area contributed by atoms with Crippen molar-refractivity contribution in [3.8, 4) is 5.75 Å². The molecule has 1 unspecified atom stereocenters. The fourth-order valence-corrected chi connectivity index (χ4v) is 4.55. The van der Waals surface area contributed by atoms with E-state index in [-0.39, 0.29) is 17.7 Å². The van der Waals surface area contributed by atoms with E-state index in [1.54, 1.807) is 7.11 Å². The van der Waals surface area contributed by atoms with Crippen molar-refractivity contribution in [1.29, 1.82) is 0 Å². The second kappa shape index (κ2) is 8.05. The van der Waals surface area contributed by atoms with Gasteiger partial charge in [-0.25, -0.2) is 0 Å². The van der Waals surface area contributed by atoms with E-state index in [1.807, 2.05) is 30.0 Å². The molecule has 7 heteroatoms. The van der Waals surface area contributed by atoms with Crippen LogP contribution >= 0.6 is 11.3 Å². The molecule has 1 fully saturated rings. The molecular formula is C19H25N3O3S. The smallest absolute Gasteiger partial charge is 0.264 e. The first-order chi connectivity index (χ1) is 12.5. The Balaban J connectivity index is 1.79. The molecule has 1 saturated heterocycles. The van der Waals surface area contributed by atoms with Crippen LogP contribution in [0.1, 0.15) is 28.1 Å². The average molecular weight is 375 g/mol. The van der Waals surface area contributed by atoms with Gasteiger partial charge in [-0.3, -0.25) is 9.59 Å². The maximum atomic E-state index is 13.1. The summed E-state index contributed by atoms with van der Waals surface area (Å²) in [6.07, 6.45) is 1.65. The molecule has 1 aliphatic rings. The Hall–Kier alpha value is -2.12. The molecule has 1 atom stereocenters. The number of carbonyl (C=O) groups is 2. The van der Waals surface area contributed by atoms with E-state index >= 15 is 0 Å². The third-order valence-electron chi connectivity index (χ3n) is 4.86. The molecule has 26 heavy (non-hydrogen) atoms. The van der Waals surface area contributed by atoms with E-state index in [1.165, 1.54) is 11.3 Å². The number of benzene rings is 1. The molecule has 1 aromatic carbocycles. The lowest BCUT2D eigenvalue weighted by Crippen LogP contribution is -2.46. The average Bonchev–Trinajstić information content (AvgIpc) is 3.01. The Labute approximate surface area is 157 Å². The minimum Gasteiger partial charge on any atom is -0.497 e. The van der Waals surface area contributed by atoms with Crippen LogP contribution in [0.5, 0.6) is 5.75 Å². The molecule has 3 rings (SSSR count). The van der Waals surface area contributed by atoms with Crippen molar-refractivity contribution in [2.45, 2.75) is 19.8 Å². The van der Waals surface area contributed by atoms with Crippen molar-refractivity contribution in [3.63, 3.8) is 0 Å². The highest BCUT2D eigenvalue weighted by Gasteiger charge is 2.30. The molecule has 1 aliphatic heterocycles. The molecule has 1 aromatic heterocycles. The summed E-state index contributed by atoms with van der Waals surface area (Å²) in [5, 5.41) is 3.88. The van der Waals surface area contributed by atoms with Gasteiger partial charge in [0.1, 0.15) is 5.75 Å². The monoisotopic (exact) mass is 375 g/mol. The third kappa shape index (κ3) is 3.68. The molecule has 0 spiro atoms. The van der Waals surface area contributed by atoms with Crippen molar-refractivity contribution < 1.29 is 14.3 Å². The highest BCUT2D eigenvalue weighted by atomic mass is 32.1. The quantitative estimate of drug-likeness (QED) is 0.839. The van der Waals surface area contributed by atoms with Gasteiger partial charge in [0.15, 0.2) is 0 Å². The van der Waals surface area contributed by atoms with Crippen molar-refractivity contribution >= 4 is 33.2 Å². The zero-order valence-corrected chi connectivity index (χ0v) is 16.0. The number of ether oxygens (including phenoxy) is 1. The molecule has 0 saturated carbocycles. The maximum absolute atomic E-state index is 13.1. The van der Waals surface area contributed by atoms with Gasteiger partial charge in [-0.2, -0.15) is 0 Å². The highest BCUT2D eigenvalue weighted by molar-refractivity contribution is 7.21. The van der Waals surface area contributed by atoms with E-state index in [4.69, 9.17) is 10.5 Å². The van der Waals surface area contributed by atoms with E-state index in [2.05, 4.69) is 5.32 Å². The lowest BCUT2D eigenvalue weighted by Gasteiger charge is -2.32. The topological polar surface area (TPSA) is 84.7 Å². The van der Waals surface area contributed by atoms with Crippen LogP contribution in [0.25, 0.3) is 10.1 Å². The Morgan fingerprint density at radius 2 is 2.23 bits per heavy atom. The van der Waals surface area contributed by atoms with E-state index in [0.29, 0.717) is 26.2 Å². The number of aryl methyl sites for hydroxylation is 1. The largest absolute Gasteiger partial charge is 0.497 e. The van der Waals surface area contributed by atoms with Crippen molar-refractivity contribution in [2.75, 3.05) is 33.3 Å². The Bertz CT molecular complexity index is 818. The lowest BCUT2D eigenvalue weighted by atomic mass is 9.96. The Kier molecular flexibility index (Phi) is 5.78. The predicted octanol–water partition coefficient (Wildman–Crippen LogP) is 2.15. The van der Waals surface area contributed by atoms with Crippen LogP contribution in [0.4, 0.5) is 0 Å². The third-order valence-corrected chi connectivity index (χ3v) is 6.12. The summed E-state index contributed by atoms with van der Waals surface area (Å²) in [7, 11) is 1.64. The number of hydrogen-bond donors (Lipinski definition) is 2. The molecule has 2 heterocycles. The van der Waals surface area contributed by atoms with Crippen molar-refractivity contribution in [1.82, 2.24) is 10.2 Å². The van der Waals surface area contributed by atoms with Gasteiger partial charge in [-0.15, -0.1) is 11.3 Å². The van der Waals surface area contributed by atoms with Crippen LogP contribution in [0.3, 0.4) is 0 Å². The second-order valence-corrected chi connectivity index (χ2v) is 7.64. The van der Waals surface area contributed by atoms with Gasteiger partial charge in [0.05, 0.1) is 17.9 Å². The zero-order chi connectivity index (χ0) is 18.7. The van der Waals surface area contributed by atoms with Crippen LogP contribution in [0.2, 0.25) is 0 Å². The number of nitrogens with two attached hydrogens (primary N) is 1. The standard InChI is InChI=1S/C19H25N3O3S/c1-12-15-10-14(25-2)5-6-16(15)26-17(12)19(24)22-9-3-4-13(11-22)18(23)21-8-7-20/h5-6,10,13H,3-4,7-9,11,20H2,1-2H3,(H,21,23). The molecule has 0 aliphatic carbocycles. The number of nitrogens with one attached hydrogen (secondary N) is 1. The number of carbonyl (C=O) groups excluding carboxylic acids is 2. The summed E-state index contributed by atoms with van der Waals surface area (Å²) in [5.74, 6) is 0.630. The summed E-state index contributed by atoms with van der Waals surface area (Å²) in [5.41, 5.74) is 6.42. The van der Waals surface area contributed by atoms with Gasteiger partial charge < -0.3 is 20.7 Å². The summed E-state index contributed by atoms with van der Waals surface area (Å²) in [4.78, 5) is 27.9. The first kappa shape index (κ1) is 18.7. The maximum Gasteiger partial charge on any atom is 0.264 e. The first-order valence-electron chi connectivity index (χ1n) is 8.89. The van der Waals surface area contributed by atoms with Crippen LogP contribution in [0, 0.1) is 12.8 Å². The SMILES string of the molecule is COc1ccc2sc(C(=O)N3CCCC(C(=O)NCCN)C3)c(C)c2c1. The molecule has 0 bridgehead atoms. The molecule has 6 nitrogen and oxygen atoms in total. The molecular weight excluding hydrogens is 350 g/mol. The number of thiophene rings is 1. The predicted molar refractivity (Wildman–Crippen MR) is 104 cm³/mol. The van der Waals surface area contributed by atoms with Crippen molar-refractivity contribution in [3.05, 3.63) is 28.6 Å². The minimum atomic E-state index is -0.158. The molecule has 140 valence electrons. The van der Waals surface area contributed by atoms with Crippen LogP contribution in [-0.4, -0.2) is 50.0 Å². The van der Waals surface area contributed by atoms with Gasteiger partial charge >= 0.3 is 0 Å². The summed E-state index contributed by atoms with van der Waals surface area (Å²) < 4.78 is 6.36. The first-order valence-corrected chi connectivity index (χ1v) is 9.71. The minimum absolute atomic E-state index is 0.00857. The number of nitrogens with zero attached hydrogens (tertiary/aromatic N) is 1. The van der Waals surface area contributed by atoms with Crippen LogP contribution < -0.4 is 15.8 Å². The van der Waals surface area contributed by atoms with Gasteiger partial charge in [0, 0.05) is 30.9 Å². The van der Waals surface area contributed by atoms with E-state index in [0.717, 1.165) is 39.1 Å². The van der Waals surface area contributed by atoms with Gasteiger partial charge in [0.25, 0.3) is 5.91 Å². The van der Waals surface area contributed by atoms with Gasteiger partial charge in [-0.1, -0.05) is 0 Å². The number of amides is 2. The number of methoxy groups -OCH3 is 1. The van der Waals surface area contributed by atoms with Crippen LogP contribution in [0.15, 0.2) is 18.2 Å². The normalized spacial score (nSPS) is 17.3. The van der Waals surface area contributed by atoms with Crippen molar-refractivity contribution in [2.24, 2.45) is 11.7 Å². The zero-order valence-electron chi connectivity index (χ0n) is 15.2. The molecule has 2 aromatic rings. The second-order valence-electron chi connectivity index (χ2n) is 6.59. The van der Waals surface area contributed by atoms with Gasteiger partial charge in [0.2, 0.25) is 5.91 Å². The van der Waals surface area contributed by atoms with E-state index in [9.17, 15) is 9.59 Å². The molecule has 2 amide bonds. The lowest BCUT2D eigenvalue weighted by molar-refractivity contribution is -0.126. The number of likely N-dealkylation sites (tertiary alicyclic amines) is 1. The number of fused-ring (bicyclic) bond motifs is 1. The van der Waals surface area contributed by atoms with E-state index < -0.39 is 0 Å². The summed E-state index contributed by atoms with van der Waals surface area (Å²) in [6.45, 7) is 4.02. The fourth-order valence-electron chi connectivity index (χ4n) is 3.39. The number of rotatable bonds is 5. The van der Waals surface area contributed by atoms with Gasteiger partial charge in [-0.05, 0) is 48.9 Å². The fraction of sp³-hybridized carbons (Fsp3) is 0.474. The van der Waals surface area contributed by atoms with Crippen LogP contribution in [-0.2, 0) is 4.79 Å². The number of hydrogen-bond acceptors (Lipinski definition) is 5. The Morgan fingerprint density at radius 3 is 2.96 bits per heavy atom. The molecule has 3 N–H and O–H groups in total. The summed E-state index contributed by atoms with van der Waals surface area (Å²) >= 11 is 1.50. The summed E-state index contributed by atoms with van der Waals surface area (Å²) in [6, 6.07) is 5.87. The molecule has 0 radical (unpaired) electrons. The highest BCUT2D eigenvalue weighted by Crippen LogP contribution is 2.34. The number of piperidine rings is 1.